The predicted octanol–water partition coefficient (Wildman–Crippen LogP) is 3.32. The van der Waals surface area contributed by atoms with Gasteiger partial charge in [-0.2, -0.15) is 0 Å². The molecule has 0 unspecified atom stereocenters. The van der Waals surface area contributed by atoms with Gasteiger partial charge in [0.05, 0.1) is 5.75 Å². The standard InChI is InChI=1S/C18H24N4OS2/c1-3-21-8-10-22(11-9-21)16-6-4-15(5-7-16)20-17(23)13-25-18-19-14(2)12-24-18/h4-7,12H,3,8-11,13H2,1-2H3,(H,20,23). The first-order valence-corrected chi connectivity index (χ1v) is 10.4. The lowest BCUT2D eigenvalue weighted by Gasteiger charge is -2.35. The number of benzene rings is 1. The summed E-state index contributed by atoms with van der Waals surface area (Å²) in [6, 6.07) is 8.15. The molecule has 0 saturated carbocycles. The van der Waals surface area contributed by atoms with E-state index in [9.17, 15) is 4.79 Å². The van der Waals surface area contributed by atoms with E-state index >= 15 is 0 Å². The van der Waals surface area contributed by atoms with Crippen LogP contribution in [-0.2, 0) is 4.79 Å². The van der Waals surface area contributed by atoms with Gasteiger partial charge in [0.1, 0.15) is 0 Å². The topological polar surface area (TPSA) is 48.5 Å². The Hall–Kier alpha value is -1.57. The van der Waals surface area contributed by atoms with Crippen LogP contribution >= 0.6 is 23.1 Å². The Morgan fingerprint density at radius 2 is 1.96 bits per heavy atom. The molecule has 0 aliphatic carbocycles. The molecule has 5 nitrogen and oxygen atoms in total. The Bertz CT molecular complexity index is 693. The number of nitrogens with zero attached hydrogens (tertiary/aromatic N) is 3. The third-order valence-electron chi connectivity index (χ3n) is 4.26. The summed E-state index contributed by atoms with van der Waals surface area (Å²) in [6.45, 7) is 9.64. The number of hydrogen-bond donors (Lipinski definition) is 1. The van der Waals surface area contributed by atoms with Crippen molar-refractivity contribution in [2.45, 2.75) is 18.2 Å². The van der Waals surface area contributed by atoms with Gasteiger partial charge in [0, 0.05) is 48.6 Å². The van der Waals surface area contributed by atoms with Crippen LogP contribution in [0.2, 0.25) is 0 Å². The minimum absolute atomic E-state index is 0.00200. The zero-order chi connectivity index (χ0) is 17.6. The maximum Gasteiger partial charge on any atom is 0.234 e. The highest BCUT2D eigenvalue weighted by molar-refractivity contribution is 8.01. The van der Waals surface area contributed by atoms with Crippen molar-refractivity contribution in [3.05, 3.63) is 35.3 Å². The molecule has 1 fully saturated rings. The fourth-order valence-corrected chi connectivity index (χ4v) is 4.45. The van der Waals surface area contributed by atoms with Gasteiger partial charge in [0.25, 0.3) is 0 Å². The first-order valence-electron chi connectivity index (χ1n) is 8.56. The molecule has 0 atom stereocenters. The van der Waals surface area contributed by atoms with Crippen LogP contribution in [0.25, 0.3) is 0 Å². The molecule has 1 aliphatic heterocycles. The number of amides is 1. The molecule has 2 aromatic rings. The summed E-state index contributed by atoms with van der Waals surface area (Å²) in [6.07, 6.45) is 0. The first kappa shape index (κ1) is 18.2. The van der Waals surface area contributed by atoms with Crippen molar-refractivity contribution in [2.75, 3.05) is 48.7 Å². The molecular formula is C18H24N4OS2. The van der Waals surface area contributed by atoms with Crippen molar-refractivity contribution in [3.63, 3.8) is 0 Å². The quantitative estimate of drug-likeness (QED) is 0.784. The second-order valence-electron chi connectivity index (χ2n) is 6.06. The third kappa shape index (κ3) is 5.20. The van der Waals surface area contributed by atoms with E-state index in [0.717, 1.165) is 48.4 Å². The SMILES string of the molecule is CCN1CCN(c2ccc(NC(=O)CSc3nc(C)cs3)cc2)CC1. The van der Waals surface area contributed by atoms with Gasteiger partial charge in [0.2, 0.25) is 5.91 Å². The van der Waals surface area contributed by atoms with Crippen LogP contribution < -0.4 is 10.2 Å². The van der Waals surface area contributed by atoms with Crippen LogP contribution in [0.15, 0.2) is 34.0 Å². The van der Waals surface area contributed by atoms with Crippen LogP contribution in [-0.4, -0.2) is 54.3 Å². The molecule has 134 valence electrons. The third-order valence-corrected chi connectivity index (χ3v) is 6.40. The number of aromatic nitrogens is 1. The fourth-order valence-electron chi connectivity index (χ4n) is 2.80. The highest BCUT2D eigenvalue weighted by Crippen LogP contribution is 2.23. The highest BCUT2D eigenvalue weighted by Gasteiger charge is 2.15. The average molecular weight is 377 g/mol. The van der Waals surface area contributed by atoms with Crippen molar-refractivity contribution in [1.82, 2.24) is 9.88 Å². The summed E-state index contributed by atoms with van der Waals surface area (Å²) >= 11 is 3.06. The summed E-state index contributed by atoms with van der Waals surface area (Å²) in [5.41, 5.74) is 3.07. The lowest BCUT2D eigenvalue weighted by Crippen LogP contribution is -2.46. The predicted molar refractivity (Wildman–Crippen MR) is 107 cm³/mol. The minimum Gasteiger partial charge on any atom is -0.369 e. The number of anilines is 2. The van der Waals surface area contributed by atoms with Crippen LogP contribution in [0, 0.1) is 6.92 Å². The Morgan fingerprint density at radius 1 is 1.24 bits per heavy atom. The van der Waals surface area contributed by atoms with Gasteiger partial charge in [-0.3, -0.25) is 4.79 Å². The Balaban J connectivity index is 1.48. The Kier molecular flexibility index (Phi) is 6.34. The number of thiazole rings is 1. The maximum absolute atomic E-state index is 12.1. The van der Waals surface area contributed by atoms with Gasteiger partial charge in [-0.1, -0.05) is 18.7 Å². The van der Waals surface area contributed by atoms with E-state index in [-0.39, 0.29) is 5.91 Å². The first-order chi connectivity index (χ1) is 12.1. The molecule has 2 heterocycles. The Labute approximate surface area is 157 Å². The monoisotopic (exact) mass is 376 g/mol. The van der Waals surface area contributed by atoms with Gasteiger partial charge < -0.3 is 15.1 Å². The summed E-state index contributed by atoms with van der Waals surface area (Å²) in [4.78, 5) is 21.3. The lowest BCUT2D eigenvalue weighted by atomic mass is 10.2. The van der Waals surface area contributed by atoms with Gasteiger partial charge in [-0.15, -0.1) is 11.3 Å². The van der Waals surface area contributed by atoms with E-state index < -0.39 is 0 Å². The van der Waals surface area contributed by atoms with E-state index in [1.54, 1.807) is 11.3 Å². The van der Waals surface area contributed by atoms with Gasteiger partial charge in [-0.25, -0.2) is 4.98 Å². The molecule has 25 heavy (non-hydrogen) atoms. The van der Waals surface area contributed by atoms with Crippen molar-refractivity contribution >= 4 is 40.4 Å². The number of carbonyl (C=O) groups is 1. The number of nitrogens with one attached hydrogen (secondary N) is 1. The molecule has 7 heteroatoms. The largest absolute Gasteiger partial charge is 0.369 e. The smallest absolute Gasteiger partial charge is 0.234 e. The van der Waals surface area contributed by atoms with E-state index in [2.05, 4.69) is 39.2 Å². The van der Waals surface area contributed by atoms with Crippen LogP contribution in [0.5, 0.6) is 0 Å². The van der Waals surface area contributed by atoms with E-state index in [0.29, 0.717) is 5.75 Å². The molecule has 3 rings (SSSR count). The zero-order valence-corrected chi connectivity index (χ0v) is 16.3. The molecule has 1 N–H and O–H groups in total. The minimum atomic E-state index is 0.00200. The van der Waals surface area contributed by atoms with E-state index in [4.69, 9.17) is 0 Å². The second-order valence-corrected chi connectivity index (χ2v) is 8.14. The summed E-state index contributed by atoms with van der Waals surface area (Å²) < 4.78 is 0.939. The normalized spacial score (nSPS) is 15.4. The number of piperazine rings is 1. The molecule has 1 aliphatic rings. The number of likely N-dealkylation sites (N-methyl/N-ethyl adjacent to an activating group) is 1. The molecule has 0 spiro atoms. The fraction of sp³-hybridized carbons (Fsp3) is 0.444. The maximum atomic E-state index is 12.1. The molecule has 1 amide bonds. The Morgan fingerprint density at radius 3 is 2.56 bits per heavy atom. The van der Waals surface area contributed by atoms with Gasteiger partial charge in [0.15, 0.2) is 4.34 Å². The van der Waals surface area contributed by atoms with Crippen molar-refractivity contribution in [3.8, 4) is 0 Å². The van der Waals surface area contributed by atoms with E-state index in [1.807, 2.05) is 24.4 Å². The number of thioether (sulfide) groups is 1. The number of carbonyl (C=O) groups excluding carboxylic acids is 1. The molecule has 0 radical (unpaired) electrons. The van der Waals surface area contributed by atoms with Crippen LogP contribution in [0.1, 0.15) is 12.6 Å². The molecule has 0 bridgehead atoms. The van der Waals surface area contributed by atoms with Gasteiger partial charge >= 0.3 is 0 Å². The lowest BCUT2D eigenvalue weighted by molar-refractivity contribution is -0.113. The summed E-state index contributed by atoms with van der Waals surface area (Å²) in [5, 5.41) is 4.95. The highest BCUT2D eigenvalue weighted by atomic mass is 32.2. The second kappa shape index (κ2) is 8.69. The number of aryl methyl sites for hydroxylation is 1. The number of rotatable bonds is 6. The molecule has 1 aromatic carbocycles. The molecule has 1 aromatic heterocycles. The van der Waals surface area contributed by atoms with Crippen LogP contribution in [0.3, 0.4) is 0 Å². The van der Waals surface area contributed by atoms with Crippen LogP contribution in [0.4, 0.5) is 11.4 Å². The molecular weight excluding hydrogens is 352 g/mol. The van der Waals surface area contributed by atoms with Gasteiger partial charge in [-0.05, 0) is 37.7 Å². The zero-order valence-electron chi connectivity index (χ0n) is 14.7. The van der Waals surface area contributed by atoms with Crippen molar-refractivity contribution < 1.29 is 4.79 Å². The van der Waals surface area contributed by atoms with Crippen molar-refractivity contribution in [2.24, 2.45) is 0 Å². The number of hydrogen-bond acceptors (Lipinski definition) is 6. The molecule has 1 saturated heterocycles. The van der Waals surface area contributed by atoms with Crippen molar-refractivity contribution in [1.29, 1.82) is 0 Å². The average Bonchev–Trinajstić information content (AvgIpc) is 3.06. The summed E-state index contributed by atoms with van der Waals surface area (Å²) in [7, 11) is 0. The summed E-state index contributed by atoms with van der Waals surface area (Å²) in [5.74, 6) is 0.385. The van der Waals surface area contributed by atoms with E-state index in [1.165, 1.54) is 17.4 Å².